The number of nitriles is 1. The first-order chi connectivity index (χ1) is 8.77. The molecule has 0 radical (unpaired) electrons. The van der Waals surface area contributed by atoms with E-state index in [1.807, 2.05) is 12.1 Å². The molecule has 0 aliphatic heterocycles. The van der Waals surface area contributed by atoms with Gasteiger partial charge in [0.25, 0.3) is 0 Å². The minimum absolute atomic E-state index is 0.0513. The van der Waals surface area contributed by atoms with Crippen LogP contribution >= 0.6 is 0 Å². The van der Waals surface area contributed by atoms with Gasteiger partial charge in [-0.15, -0.1) is 0 Å². The predicted octanol–water partition coefficient (Wildman–Crippen LogP) is 2.44. The summed E-state index contributed by atoms with van der Waals surface area (Å²) in [5.74, 6) is 0.925. The average molecular weight is 247 g/mol. The Morgan fingerprint density at radius 3 is 2.89 bits per heavy atom. The summed E-state index contributed by atoms with van der Waals surface area (Å²) in [6, 6.07) is 6.84. The van der Waals surface area contributed by atoms with E-state index in [1.165, 1.54) is 12.8 Å². The molecule has 2 atom stereocenters. The third kappa shape index (κ3) is 2.92. The van der Waals surface area contributed by atoms with Gasteiger partial charge in [-0.3, -0.25) is 4.90 Å². The number of rotatable bonds is 7. The molecule has 0 amide bonds. The molecule has 2 N–H and O–H groups in total. The lowest BCUT2D eigenvalue weighted by Gasteiger charge is -2.33. The van der Waals surface area contributed by atoms with Crippen molar-refractivity contribution in [2.45, 2.75) is 50.7 Å². The molecule has 18 heavy (non-hydrogen) atoms. The van der Waals surface area contributed by atoms with E-state index >= 15 is 0 Å². The average Bonchev–Trinajstić information content (AvgIpc) is 3.09. The van der Waals surface area contributed by atoms with E-state index in [-0.39, 0.29) is 12.1 Å². The second-order valence-corrected chi connectivity index (χ2v) is 4.91. The van der Waals surface area contributed by atoms with E-state index in [1.54, 1.807) is 6.26 Å². The Kier molecular flexibility index (Phi) is 4.40. The highest BCUT2D eigenvalue weighted by Crippen LogP contribution is 2.36. The second kappa shape index (κ2) is 6.03. The van der Waals surface area contributed by atoms with E-state index in [2.05, 4.69) is 17.9 Å². The van der Waals surface area contributed by atoms with Crippen LogP contribution in [0.15, 0.2) is 22.8 Å². The third-order valence-corrected chi connectivity index (χ3v) is 3.57. The molecule has 98 valence electrons. The van der Waals surface area contributed by atoms with Crippen molar-refractivity contribution in [3.63, 3.8) is 0 Å². The highest BCUT2D eigenvalue weighted by Gasteiger charge is 2.37. The van der Waals surface area contributed by atoms with Crippen LogP contribution in [0.25, 0.3) is 0 Å². The number of nitrogens with zero attached hydrogens (tertiary/aromatic N) is 2. The molecule has 0 bridgehead atoms. The van der Waals surface area contributed by atoms with Crippen LogP contribution in [-0.4, -0.2) is 23.5 Å². The Balaban J connectivity index is 2.17. The molecule has 1 fully saturated rings. The Morgan fingerprint density at radius 2 is 2.39 bits per heavy atom. The second-order valence-electron chi connectivity index (χ2n) is 4.91. The summed E-state index contributed by atoms with van der Waals surface area (Å²) < 4.78 is 5.55. The molecular formula is C14H21N3O. The molecule has 1 aliphatic carbocycles. The zero-order valence-electron chi connectivity index (χ0n) is 10.9. The molecule has 2 rings (SSSR count). The molecular weight excluding hydrogens is 226 g/mol. The summed E-state index contributed by atoms with van der Waals surface area (Å²) in [5.41, 5.74) is 6.26. The molecule has 1 saturated carbocycles. The van der Waals surface area contributed by atoms with Crippen molar-refractivity contribution < 1.29 is 4.42 Å². The minimum Gasteiger partial charge on any atom is -0.468 e. The van der Waals surface area contributed by atoms with Gasteiger partial charge in [0, 0.05) is 25.0 Å². The number of hydrogen-bond acceptors (Lipinski definition) is 4. The van der Waals surface area contributed by atoms with Gasteiger partial charge in [0.15, 0.2) is 0 Å². The number of hydrogen-bond donors (Lipinski definition) is 1. The maximum absolute atomic E-state index is 8.79. The number of nitrogens with two attached hydrogens (primary N) is 1. The van der Waals surface area contributed by atoms with Crippen LogP contribution < -0.4 is 5.73 Å². The lowest BCUT2D eigenvalue weighted by Crippen LogP contribution is -2.42. The lowest BCUT2D eigenvalue weighted by atomic mass is 10.0. The zero-order chi connectivity index (χ0) is 13.0. The van der Waals surface area contributed by atoms with E-state index < -0.39 is 0 Å². The normalized spacial score (nSPS) is 18.6. The molecule has 1 aliphatic rings. The summed E-state index contributed by atoms with van der Waals surface area (Å²) in [7, 11) is 0. The van der Waals surface area contributed by atoms with Gasteiger partial charge in [0.1, 0.15) is 5.76 Å². The van der Waals surface area contributed by atoms with Crippen LogP contribution in [0, 0.1) is 11.3 Å². The molecule has 1 aromatic rings. The quantitative estimate of drug-likeness (QED) is 0.803. The topological polar surface area (TPSA) is 66.2 Å². The van der Waals surface area contributed by atoms with Crippen molar-refractivity contribution in [1.82, 2.24) is 4.90 Å². The monoisotopic (exact) mass is 247 g/mol. The first kappa shape index (κ1) is 13.1. The van der Waals surface area contributed by atoms with Crippen LogP contribution in [-0.2, 0) is 0 Å². The zero-order valence-corrected chi connectivity index (χ0v) is 10.9. The largest absolute Gasteiger partial charge is 0.468 e. The van der Waals surface area contributed by atoms with Gasteiger partial charge in [-0.2, -0.15) is 5.26 Å². The highest BCUT2D eigenvalue weighted by atomic mass is 16.3. The van der Waals surface area contributed by atoms with Crippen molar-refractivity contribution in [1.29, 1.82) is 5.26 Å². The fraction of sp³-hybridized carbons (Fsp3) is 0.643. The van der Waals surface area contributed by atoms with Gasteiger partial charge in [-0.05, 0) is 31.4 Å². The summed E-state index contributed by atoms with van der Waals surface area (Å²) in [6.45, 7) is 2.87. The maximum Gasteiger partial charge on any atom is 0.122 e. The van der Waals surface area contributed by atoms with Crippen LogP contribution in [0.4, 0.5) is 0 Å². The van der Waals surface area contributed by atoms with Crippen LogP contribution in [0.5, 0.6) is 0 Å². The van der Waals surface area contributed by atoms with E-state index in [0.29, 0.717) is 12.5 Å². The molecule has 2 unspecified atom stereocenters. The van der Waals surface area contributed by atoms with E-state index in [4.69, 9.17) is 15.4 Å². The standard InChI is InChI=1S/C14H21N3O/c1-2-12(16)14(13-5-3-10-18-13)17(9-4-8-15)11-6-7-11/h3,5,10-12,14H,2,4,6-7,9,16H2,1H3. The van der Waals surface area contributed by atoms with E-state index in [9.17, 15) is 0 Å². The van der Waals surface area contributed by atoms with Crippen molar-refractivity contribution in [2.24, 2.45) is 5.73 Å². The Hall–Kier alpha value is -1.31. The molecule has 0 aromatic carbocycles. The Morgan fingerprint density at radius 1 is 1.61 bits per heavy atom. The first-order valence-electron chi connectivity index (χ1n) is 6.69. The van der Waals surface area contributed by atoms with Crippen molar-refractivity contribution in [2.75, 3.05) is 6.54 Å². The van der Waals surface area contributed by atoms with Gasteiger partial charge in [-0.25, -0.2) is 0 Å². The van der Waals surface area contributed by atoms with Crippen molar-refractivity contribution >= 4 is 0 Å². The minimum atomic E-state index is 0.0513. The van der Waals surface area contributed by atoms with Crippen molar-refractivity contribution in [3.8, 4) is 6.07 Å². The van der Waals surface area contributed by atoms with Crippen molar-refractivity contribution in [3.05, 3.63) is 24.2 Å². The van der Waals surface area contributed by atoms with Gasteiger partial charge < -0.3 is 10.2 Å². The summed E-state index contributed by atoms with van der Waals surface area (Å²) >= 11 is 0. The van der Waals surface area contributed by atoms with Crippen LogP contribution in [0.1, 0.15) is 44.4 Å². The molecule has 0 spiro atoms. The predicted molar refractivity (Wildman–Crippen MR) is 69.7 cm³/mol. The summed E-state index contributed by atoms with van der Waals surface area (Å²) in [6.07, 6.45) is 5.56. The number of furan rings is 1. The van der Waals surface area contributed by atoms with Gasteiger partial charge in [-0.1, -0.05) is 6.92 Å². The van der Waals surface area contributed by atoms with E-state index in [0.717, 1.165) is 18.7 Å². The Labute approximate surface area is 108 Å². The fourth-order valence-corrected chi connectivity index (χ4v) is 2.44. The summed E-state index contributed by atoms with van der Waals surface area (Å²) in [5, 5.41) is 8.79. The first-order valence-corrected chi connectivity index (χ1v) is 6.69. The van der Waals surface area contributed by atoms with Gasteiger partial charge in [0.05, 0.1) is 18.4 Å². The molecule has 1 heterocycles. The third-order valence-electron chi connectivity index (χ3n) is 3.57. The highest BCUT2D eigenvalue weighted by molar-refractivity contribution is 5.10. The van der Waals surface area contributed by atoms with Gasteiger partial charge in [0.2, 0.25) is 0 Å². The van der Waals surface area contributed by atoms with Gasteiger partial charge >= 0.3 is 0 Å². The summed E-state index contributed by atoms with van der Waals surface area (Å²) in [4.78, 5) is 2.36. The smallest absolute Gasteiger partial charge is 0.122 e. The molecule has 4 heteroatoms. The molecule has 4 nitrogen and oxygen atoms in total. The molecule has 0 saturated heterocycles. The van der Waals surface area contributed by atoms with Crippen LogP contribution in [0.2, 0.25) is 0 Å². The lowest BCUT2D eigenvalue weighted by molar-refractivity contribution is 0.142. The SMILES string of the molecule is CCC(N)C(c1ccco1)N(CCC#N)C1CC1. The molecule has 1 aromatic heterocycles. The fourth-order valence-electron chi connectivity index (χ4n) is 2.44. The van der Waals surface area contributed by atoms with Crippen LogP contribution in [0.3, 0.4) is 0 Å². The maximum atomic E-state index is 8.79. The Bertz CT molecular complexity index is 392.